The van der Waals surface area contributed by atoms with Gasteiger partial charge in [-0.05, 0) is 29.7 Å². The lowest BCUT2D eigenvalue weighted by atomic mass is 9.81. The zero-order valence-electron chi connectivity index (χ0n) is 15.2. The molecule has 1 aromatic carbocycles. The number of hydrogen-bond acceptors (Lipinski definition) is 5. The Morgan fingerprint density at radius 2 is 1.50 bits per heavy atom. The SMILES string of the molecule is CC(C)C(O)(c1cncnc1)c1ccc(-c2ccc(OC(F)(F)F)cc2)cn1. The minimum absolute atomic E-state index is 0.198. The van der Waals surface area contributed by atoms with Crippen LogP contribution in [0, 0.1) is 5.92 Å². The van der Waals surface area contributed by atoms with Gasteiger partial charge in [-0.3, -0.25) is 4.98 Å². The summed E-state index contributed by atoms with van der Waals surface area (Å²) < 4.78 is 40.7. The third kappa shape index (κ3) is 4.12. The van der Waals surface area contributed by atoms with Crippen LogP contribution in [0.3, 0.4) is 0 Å². The molecule has 0 radical (unpaired) electrons. The summed E-state index contributed by atoms with van der Waals surface area (Å²) in [5.41, 5.74) is 0.948. The Labute approximate surface area is 159 Å². The van der Waals surface area contributed by atoms with Crippen molar-refractivity contribution in [3.05, 3.63) is 72.6 Å². The molecule has 0 bridgehead atoms. The van der Waals surface area contributed by atoms with E-state index >= 15 is 0 Å². The van der Waals surface area contributed by atoms with Gasteiger partial charge in [-0.25, -0.2) is 9.97 Å². The maximum atomic E-state index is 12.3. The number of ether oxygens (including phenoxy) is 1. The second-order valence-electron chi connectivity index (χ2n) is 6.55. The third-order valence-corrected chi connectivity index (χ3v) is 4.41. The minimum Gasteiger partial charge on any atom is -0.406 e. The molecular formula is C20H18F3N3O2. The normalized spacial score (nSPS) is 14.0. The number of aromatic nitrogens is 3. The number of hydrogen-bond donors (Lipinski definition) is 1. The number of nitrogens with zero attached hydrogens (tertiary/aromatic N) is 3. The molecule has 0 aliphatic carbocycles. The first-order chi connectivity index (χ1) is 13.2. The molecule has 0 aliphatic rings. The van der Waals surface area contributed by atoms with E-state index in [1.807, 2.05) is 13.8 Å². The van der Waals surface area contributed by atoms with E-state index in [0.29, 0.717) is 22.4 Å². The van der Waals surface area contributed by atoms with Gasteiger partial charge in [0.05, 0.1) is 5.69 Å². The summed E-state index contributed by atoms with van der Waals surface area (Å²) in [6, 6.07) is 8.93. The fourth-order valence-electron chi connectivity index (χ4n) is 2.91. The van der Waals surface area contributed by atoms with Crippen LogP contribution in [0.1, 0.15) is 25.1 Å². The van der Waals surface area contributed by atoms with Crippen molar-refractivity contribution in [2.75, 3.05) is 0 Å². The predicted molar refractivity (Wildman–Crippen MR) is 96.2 cm³/mol. The third-order valence-electron chi connectivity index (χ3n) is 4.41. The molecule has 3 rings (SSSR count). The highest BCUT2D eigenvalue weighted by Gasteiger charge is 2.37. The molecule has 8 heteroatoms. The van der Waals surface area contributed by atoms with Gasteiger partial charge < -0.3 is 9.84 Å². The molecule has 0 spiro atoms. The molecule has 0 saturated carbocycles. The van der Waals surface area contributed by atoms with Crippen LogP contribution in [0.25, 0.3) is 11.1 Å². The van der Waals surface area contributed by atoms with Gasteiger partial charge in [-0.2, -0.15) is 0 Å². The zero-order chi connectivity index (χ0) is 20.4. The molecule has 0 aliphatic heterocycles. The quantitative estimate of drug-likeness (QED) is 0.704. The Morgan fingerprint density at radius 3 is 2.00 bits per heavy atom. The zero-order valence-corrected chi connectivity index (χ0v) is 15.2. The van der Waals surface area contributed by atoms with E-state index in [4.69, 9.17) is 0 Å². The molecule has 2 aromatic heterocycles. The minimum atomic E-state index is -4.73. The first-order valence-electron chi connectivity index (χ1n) is 8.50. The van der Waals surface area contributed by atoms with E-state index in [0.717, 1.165) is 0 Å². The van der Waals surface area contributed by atoms with Crippen LogP contribution in [-0.2, 0) is 5.60 Å². The van der Waals surface area contributed by atoms with Crippen LogP contribution in [0.5, 0.6) is 5.75 Å². The fraction of sp³-hybridized carbons (Fsp3) is 0.250. The van der Waals surface area contributed by atoms with Crippen LogP contribution < -0.4 is 4.74 Å². The molecule has 0 amide bonds. The standard InChI is InChI=1S/C20H18F3N3O2/c1-13(2)19(27,16-10-24-12-25-11-16)18-8-5-15(9-26-18)14-3-6-17(7-4-14)28-20(21,22)23/h3-13,27H,1-2H3. The molecule has 1 atom stereocenters. The van der Waals surface area contributed by atoms with E-state index in [1.165, 1.54) is 30.6 Å². The summed E-state index contributed by atoms with van der Waals surface area (Å²) in [7, 11) is 0. The van der Waals surface area contributed by atoms with Crippen LogP contribution in [-0.4, -0.2) is 26.4 Å². The first-order valence-corrected chi connectivity index (χ1v) is 8.50. The smallest absolute Gasteiger partial charge is 0.406 e. The van der Waals surface area contributed by atoms with Crippen molar-refractivity contribution in [1.29, 1.82) is 0 Å². The number of benzene rings is 1. The summed E-state index contributed by atoms with van der Waals surface area (Å²) >= 11 is 0. The van der Waals surface area contributed by atoms with Crippen molar-refractivity contribution in [3.8, 4) is 16.9 Å². The topological polar surface area (TPSA) is 68.1 Å². The Kier molecular flexibility index (Phi) is 5.33. The molecule has 28 heavy (non-hydrogen) atoms. The van der Waals surface area contributed by atoms with E-state index in [9.17, 15) is 18.3 Å². The Hall–Kier alpha value is -3.00. The summed E-state index contributed by atoms with van der Waals surface area (Å²) in [6.07, 6.45) is 1.30. The number of alkyl halides is 3. The molecule has 3 aromatic rings. The lowest BCUT2D eigenvalue weighted by Crippen LogP contribution is -2.34. The highest BCUT2D eigenvalue weighted by atomic mass is 19.4. The molecule has 146 valence electrons. The molecule has 5 nitrogen and oxygen atoms in total. The Bertz CT molecular complexity index is 914. The monoisotopic (exact) mass is 389 g/mol. The van der Waals surface area contributed by atoms with Gasteiger partial charge >= 0.3 is 6.36 Å². The van der Waals surface area contributed by atoms with Gasteiger partial charge in [-0.1, -0.05) is 32.0 Å². The number of halogens is 3. The molecule has 1 N–H and O–H groups in total. The summed E-state index contributed by atoms with van der Waals surface area (Å²) in [4.78, 5) is 12.3. The number of rotatable bonds is 5. The maximum absolute atomic E-state index is 12.3. The van der Waals surface area contributed by atoms with Crippen molar-refractivity contribution in [2.24, 2.45) is 5.92 Å². The van der Waals surface area contributed by atoms with E-state index in [-0.39, 0.29) is 11.7 Å². The molecule has 2 heterocycles. The van der Waals surface area contributed by atoms with Gasteiger partial charge in [0.2, 0.25) is 0 Å². The Morgan fingerprint density at radius 1 is 0.893 bits per heavy atom. The van der Waals surface area contributed by atoms with E-state index in [2.05, 4.69) is 19.7 Å². The average Bonchev–Trinajstić information content (AvgIpc) is 2.67. The van der Waals surface area contributed by atoms with Gasteiger partial charge in [0.25, 0.3) is 0 Å². The van der Waals surface area contributed by atoms with Crippen LogP contribution >= 0.6 is 0 Å². The summed E-state index contributed by atoms with van der Waals surface area (Å²) in [5.74, 6) is -0.491. The van der Waals surface area contributed by atoms with Gasteiger partial charge in [0.15, 0.2) is 0 Å². The van der Waals surface area contributed by atoms with Crippen LogP contribution in [0.4, 0.5) is 13.2 Å². The lowest BCUT2D eigenvalue weighted by molar-refractivity contribution is -0.274. The molecule has 0 fully saturated rings. The highest BCUT2D eigenvalue weighted by molar-refractivity contribution is 5.63. The molecule has 0 saturated heterocycles. The van der Waals surface area contributed by atoms with E-state index < -0.39 is 12.0 Å². The predicted octanol–water partition coefficient (Wildman–Crippen LogP) is 4.33. The van der Waals surface area contributed by atoms with Crippen LogP contribution in [0.2, 0.25) is 0 Å². The van der Waals surface area contributed by atoms with Gasteiger partial charge in [0.1, 0.15) is 17.7 Å². The lowest BCUT2D eigenvalue weighted by Gasteiger charge is -2.31. The van der Waals surface area contributed by atoms with E-state index in [1.54, 1.807) is 30.7 Å². The number of aliphatic hydroxyl groups is 1. The van der Waals surface area contributed by atoms with Gasteiger partial charge in [-0.15, -0.1) is 13.2 Å². The Balaban J connectivity index is 1.88. The van der Waals surface area contributed by atoms with Crippen molar-refractivity contribution < 1.29 is 23.0 Å². The fourth-order valence-corrected chi connectivity index (χ4v) is 2.91. The second-order valence-corrected chi connectivity index (χ2v) is 6.55. The highest BCUT2D eigenvalue weighted by Crippen LogP contribution is 2.35. The van der Waals surface area contributed by atoms with Crippen molar-refractivity contribution in [1.82, 2.24) is 15.0 Å². The second kappa shape index (κ2) is 7.55. The molecular weight excluding hydrogens is 371 g/mol. The average molecular weight is 389 g/mol. The maximum Gasteiger partial charge on any atom is 0.573 e. The van der Waals surface area contributed by atoms with Gasteiger partial charge in [0, 0.05) is 29.7 Å². The first kappa shape index (κ1) is 19.8. The summed E-state index contributed by atoms with van der Waals surface area (Å²) in [6.45, 7) is 3.73. The summed E-state index contributed by atoms with van der Waals surface area (Å²) in [5, 5.41) is 11.3. The van der Waals surface area contributed by atoms with Crippen molar-refractivity contribution >= 4 is 0 Å². The van der Waals surface area contributed by atoms with Crippen molar-refractivity contribution in [3.63, 3.8) is 0 Å². The number of pyridine rings is 1. The van der Waals surface area contributed by atoms with Crippen LogP contribution in [0.15, 0.2) is 61.3 Å². The molecule has 1 unspecified atom stereocenters. The largest absolute Gasteiger partial charge is 0.573 e. The van der Waals surface area contributed by atoms with Crippen molar-refractivity contribution in [2.45, 2.75) is 25.8 Å².